The predicted octanol–water partition coefficient (Wildman–Crippen LogP) is 5.01. The average molecular weight is 367 g/mol. The molecular formula is C23H29NO3. The van der Waals surface area contributed by atoms with Crippen molar-refractivity contribution in [3.8, 4) is 5.75 Å². The minimum absolute atomic E-state index is 0.0401. The van der Waals surface area contributed by atoms with E-state index in [4.69, 9.17) is 9.47 Å². The van der Waals surface area contributed by atoms with Gasteiger partial charge in [-0.1, -0.05) is 30.3 Å². The van der Waals surface area contributed by atoms with Crippen molar-refractivity contribution in [2.24, 2.45) is 5.92 Å². The van der Waals surface area contributed by atoms with Gasteiger partial charge in [-0.05, 0) is 68.4 Å². The molecule has 1 heterocycles. The molecule has 2 atom stereocenters. The first-order chi connectivity index (χ1) is 13.0. The summed E-state index contributed by atoms with van der Waals surface area (Å²) < 4.78 is 11.1. The van der Waals surface area contributed by atoms with Crippen LogP contribution in [-0.2, 0) is 9.53 Å². The number of methoxy groups -OCH3 is 1. The molecule has 3 rings (SSSR count). The third-order valence-corrected chi connectivity index (χ3v) is 5.31. The van der Waals surface area contributed by atoms with Gasteiger partial charge in [0.15, 0.2) is 0 Å². The third kappa shape index (κ3) is 5.33. The van der Waals surface area contributed by atoms with Crippen molar-refractivity contribution >= 4 is 11.6 Å². The fraction of sp³-hybridized carbons (Fsp3) is 0.435. The molecule has 27 heavy (non-hydrogen) atoms. The van der Waals surface area contributed by atoms with E-state index in [2.05, 4.69) is 31.3 Å². The Kier molecular flexibility index (Phi) is 6.17. The van der Waals surface area contributed by atoms with Crippen molar-refractivity contribution in [1.82, 2.24) is 0 Å². The normalized spacial score (nSPS) is 19.9. The van der Waals surface area contributed by atoms with Crippen LogP contribution in [0.15, 0.2) is 54.6 Å². The maximum atomic E-state index is 12.8. The molecule has 1 N–H and O–H groups in total. The molecule has 4 nitrogen and oxygen atoms in total. The van der Waals surface area contributed by atoms with Crippen LogP contribution in [0.4, 0.5) is 5.69 Å². The summed E-state index contributed by atoms with van der Waals surface area (Å²) in [5, 5.41) is 3.03. The lowest BCUT2D eigenvalue weighted by molar-refractivity contribution is -0.118. The Bertz CT molecular complexity index is 740. The fourth-order valence-corrected chi connectivity index (χ4v) is 3.97. The zero-order chi connectivity index (χ0) is 19.3. The van der Waals surface area contributed by atoms with Crippen LogP contribution in [0.5, 0.6) is 5.75 Å². The molecule has 4 heteroatoms. The highest BCUT2D eigenvalue weighted by Crippen LogP contribution is 2.40. The first-order valence-corrected chi connectivity index (χ1v) is 9.60. The van der Waals surface area contributed by atoms with E-state index in [1.807, 2.05) is 42.5 Å². The van der Waals surface area contributed by atoms with Crippen LogP contribution < -0.4 is 10.1 Å². The number of hydrogen-bond acceptors (Lipinski definition) is 3. The van der Waals surface area contributed by atoms with Gasteiger partial charge in [0.1, 0.15) is 5.75 Å². The van der Waals surface area contributed by atoms with E-state index in [0.29, 0.717) is 12.3 Å². The molecule has 0 radical (unpaired) electrons. The monoisotopic (exact) mass is 367 g/mol. The van der Waals surface area contributed by atoms with Crippen LogP contribution in [-0.4, -0.2) is 25.2 Å². The van der Waals surface area contributed by atoms with E-state index >= 15 is 0 Å². The highest BCUT2D eigenvalue weighted by molar-refractivity contribution is 5.91. The Morgan fingerprint density at radius 2 is 1.89 bits per heavy atom. The second kappa shape index (κ2) is 8.57. The fourth-order valence-electron chi connectivity index (χ4n) is 3.97. The number of anilines is 1. The molecule has 1 fully saturated rings. The Labute approximate surface area is 161 Å². The van der Waals surface area contributed by atoms with Crippen molar-refractivity contribution in [2.45, 2.75) is 44.6 Å². The number of carbonyl (C=O) groups excluding carboxylic acids is 1. The Balaban J connectivity index is 1.73. The molecule has 0 unspecified atom stereocenters. The summed E-state index contributed by atoms with van der Waals surface area (Å²) in [7, 11) is 1.63. The van der Waals surface area contributed by atoms with Crippen LogP contribution in [0.25, 0.3) is 0 Å². The summed E-state index contributed by atoms with van der Waals surface area (Å²) in [5.41, 5.74) is 1.88. The maximum absolute atomic E-state index is 12.8. The number of rotatable bonds is 6. The van der Waals surface area contributed by atoms with Gasteiger partial charge in [-0.2, -0.15) is 0 Å². The lowest BCUT2D eigenvalue weighted by Crippen LogP contribution is -2.37. The van der Waals surface area contributed by atoms with Crippen LogP contribution >= 0.6 is 0 Å². The molecule has 1 saturated heterocycles. The molecule has 1 aliphatic heterocycles. The highest BCUT2D eigenvalue weighted by atomic mass is 16.5. The van der Waals surface area contributed by atoms with E-state index < -0.39 is 0 Å². The average Bonchev–Trinajstić information content (AvgIpc) is 2.66. The van der Waals surface area contributed by atoms with Gasteiger partial charge in [-0.25, -0.2) is 0 Å². The zero-order valence-corrected chi connectivity index (χ0v) is 16.4. The van der Waals surface area contributed by atoms with E-state index in [0.717, 1.165) is 30.9 Å². The zero-order valence-electron chi connectivity index (χ0n) is 16.4. The second-order valence-electron chi connectivity index (χ2n) is 7.86. The molecule has 0 saturated carbocycles. The summed E-state index contributed by atoms with van der Waals surface area (Å²) in [5.74, 6) is 1.43. The molecule has 0 aliphatic carbocycles. The van der Waals surface area contributed by atoms with E-state index in [9.17, 15) is 4.79 Å². The van der Waals surface area contributed by atoms with Crippen molar-refractivity contribution in [2.75, 3.05) is 19.0 Å². The lowest BCUT2D eigenvalue weighted by Gasteiger charge is -2.39. The molecule has 0 aromatic heterocycles. The summed E-state index contributed by atoms with van der Waals surface area (Å²) in [6, 6.07) is 17.8. The van der Waals surface area contributed by atoms with Crippen LogP contribution in [0.2, 0.25) is 0 Å². The highest BCUT2D eigenvalue weighted by Gasteiger charge is 2.35. The maximum Gasteiger partial charge on any atom is 0.224 e. The smallest absolute Gasteiger partial charge is 0.224 e. The quantitative estimate of drug-likeness (QED) is 0.780. The lowest BCUT2D eigenvalue weighted by atomic mass is 9.75. The SMILES string of the molecule is COc1ccc(NC(=O)C[C@@H](c2ccccc2)[C@@H]2CCOC(C)(C)C2)cc1. The second-order valence-corrected chi connectivity index (χ2v) is 7.86. The summed E-state index contributed by atoms with van der Waals surface area (Å²) in [6.45, 7) is 5.03. The minimum atomic E-state index is -0.137. The topological polar surface area (TPSA) is 47.6 Å². The van der Waals surface area contributed by atoms with Gasteiger partial charge >= 0.3 is 0 Å². The molecule has 1 aliphatic rings. The summed E-state index contributed by atoms with van der Waals surface area (Å²) in [6.07, 6.45) is 2.41. The van der Waals surface area contributed by atoms with Crippen molar-refractivity contribution in [3.63, 3.8) is 0 Å². The van der Waals surface area contributed by atoms with Crippen molar-refractivity contribution in [1.29, 1.82) is 0 Å². The molecule has 0 spiro atoms. The van der Waals surface area contributed by atoms with Gasteiger partial charge in [0.2, 0.25) is 5.91 Å². The first kappa shape index (κ1) is 19.4. The number of benzene rings is 2. The van der Waals surface area contributed by atoms with Crippen molar-refractivity contribution in [3.05, 3.63) is 60.2 Å². The Morgan fingerprint density at radius 3 is 2.52 bits per heavy atom. The molecular weight excluding hydrogens is 338 g/mol. The number of nitrogens with one attached hydrogen (secondary N) is 1. The van der Waals surface area contributed by atoms with Gasteiger partial charge in [-0.15, -0.1) is 0 Å². The summed E-state index contributed by atoms with van der Waals surface area (Å²) in [4.78, 5) is 12.8. The van der Waals surface area contributed by atoms with E-state index in [-0.39, 0.29) is 17.4 Å². The molecule has 2 aromatic rings. The summed E-state index contributed by atoms with van der Waals surface area (Å²) >= 11 is 0. The van der Waals surface area contributed by atoms with Crippen LogP contribution in [0, 0.1) is 5.92 Å². The molecule has 1 amide bonds. The van der Waals surface area contributed by atoms with E-state index in [1.165, 1.54) is 5.56 Å². The molecule has 144 valence electrons. The van der Waals surface area contributed by atoms with Crippen LogP contribution in [0.3, 0.4) is 0 Å². The van der Waals surface area contributed by atoms with Crippen molar-refractivity contribution < 1.29 is 14.3 Å². The van der Waals surface area contributed by atoms with Gasteiger partial charge in [-0.3, -0.25) is 4.79 Å². The minimum Gasteiger partial charge on any atom is -0.497 e. The Hall–Kier alpha value is -2.33. The predicted molar refractivity (Wildman–Crippen MR) is 108 cm³/mol. The number of hydrogen-bond donors (Lipinski definition) is 1. The third-order valence-electron chi connectivity index (χ3n) is 5.31. The van der Waals surface area contributed by atoms with Gasteiger partial charge < -0.3 is 14.8 Å². The molecule has 0 bridgehead atoms. The number of amides is 1. The molecule has 2 aromatic carbocycles. The standard InChI is InChI=1S/C23H29NO3/c1-23(2)16-18(13-14-27-23)21(17-7-5-4-6-8-17)15-22(25)24-19-9-11-20(26-3)12-10-19/h4-12,18,21H,13-16H2,1-3H3,(H,24,25)/t18-,21+/m1/s1. The van der Waals surface area contributed by atoms with Gasteiger partial charge in [0, 0.05) is 18.7 Å². The van der Waals surface area contributed by atoms with Gasteiger partial charge in [0.05, 0.1) is 12.7 Å². The van der Waals surface area contributed by atoms with Gasteiger partial charge in [0.25, 0.3) is 0 Å². The van der Waals surface area contributed by atoms with Crippen LogP contribution in [0.1, 0.15) is 44.6 Å². The van der Waals surface area contributed by atoms with E-state index in [1.54, 1.807) is 7.11 Å². The first-order valence-electron chi connectivity index (χ1n) is 9.60. The number of carbonyl (C=O) groups is 1. The number of ether oxygens (including phenoxy) is 2. The Morgan fingerprint density at radius 1 is 1.19 bits per heavy atom. The largest absolute Gasteiger partial charge is 0.497 e.